The molecule has 0 spiro atoms. The minimum absolute atomic E-state index is 0.0586. The van der Waals surface area contributed by atoms with Gasteiger partial charge in [-0.15, -0.1) is 0 Å². The van der Waals surface area contributed by atoms with E-state index < -0.39 is 0 Å². The predicted molar refractivity (Wildman–Crippen MR) is 94.2 cm³/mol. The van der Waals surface area contributed by atoms with Gasteiger partial charge < -0.3 is 14.7 Å². The Morgan fingerprint density at radius 1 is 1.25 bits per heavy atom. The summed E-state index contributed by atoms with van der Waals surface area (Å²) >= 11 is 6.29. The van der Waals surface area contributed by atoms with E-state index in [-0.39, 0.29) is 24.7 Å². The molecule has 1 heterocycles. The van der Waals surface area contributed by atoms with Gasteiger partial charge >= 0.3 is 0 Å². The Labute approximate surface area is 146 Å². The maximum absolute atomic E-state index is 13.0. The summed E-state index contributed by atoms with van der Waals surface area (Å²) in [5.74, 6) is -0.132. The number of rotatable bonds is 3. The van der Waals surface area contributed by atoms with E-state index in [9.17, 15) is 9.90 Å². The molecule has 0 aromatic heterocycles. The van der Waals surface area contributed by atoms with E-state index >= 15 is 0 Å². The number of carbonyl (C=O) groups excluding carboxylic acids is 1. The van der Waals surface area contributed by atoms with Crippen LogP contribution in [0.2, 0.25) is 5.02 Å². The van der Waals surface area contributed by atoms with Gasteiger partial charge in [0.25, 0.3) is 5.91 Å². The first-order valence-electron chi connectivity index (χ1n) is 7.98. The van der Waals surface area contributed by atoms with Gasteiger partial charge in [0.05, 0.1) is 35.9 Å². The van der Waals surface area contributed by atoms with E-state index in [0.29, 0.717) is 23.7 Å². The largest absolute Gasteiger partial charge is 0.394 e. The second-order valence-corrected chi connectivity index (χ2v) is 6.41. The van der Waals surface area contributed by atoms with Crippen molar-refractivity contribution in [3.8, 4) is 11.1 Å². The fraction of sp³-hybridized carbons (Fsp3) is 0.316. The average Bonchev–Trinajstić information content (AvgIpc) is 2.63. The zero-order chi connectivity index (χ0) is 17.1. The topological polar surface area (TPSA) is 49.8 Å². The summed E-state index contributed by atoms with van der Waals surface area (Å²) in [6.45, 7) is 2.60. The Hall–Kier alpha value is -1.88. The molecule has 2 unspecified atom stereocenters. The smallest absolute Gasteiger partial charge is 0.255 e. The summed E-state index contributed by atoms with van der Waals surface area (Å²) in [6.07, 6.45) is -0.346. The first-order chi connectivity index (χ1) is 11.6. The molecule has 24 heavy (non-hydrogen) atoms. The molecule has 1 saturated heterocycles. The first kappa shape index (κ1) is 17.0. The molecule has 0 aliphatic carbocycles. The van der Waals surface area contributed by atoms with Crippen molar-refractivity contribution in [3.05, 3.63) is 59.1 Å². The molecule has 1 N–H and O–H groups in total. The highest BCUT2D eigenvalue weighted by Crippen LogP contribution is 2.27. The van der Waals surface area contributed by atoms with Crippen molar-refractivity contribution in [2.24, 2.45) is 0 Å². The summed E-state index contributed by atoms with van der Waals surface area (Å²) in [4.78, 5) is 14.7. The molecule has 126 valence electrons. The monoisotopic (exact) mass is 345 g/mol. The van der Waals surface area contributed by atoms with Crippen LogP contribution in [0.5, 0.6) is 0 Å². The number of morpholine rings is 1. The van der Waals surface area contributed by atoms with Crippen LogP contribution < -0.4 is 0 Å². The van der Waals surface area contributed by atoms with Crippen LogP contribution in [-0.4, -0.2) is 47.8 Å². The van der Waals surface area contributed by atoms with E-state index in [1.54, 1.807) is 11.0 Å². The number of carbonyl (C=O) groups is 1. The predicted octanol–water partition coefficient (Wildman–Crippen LogP) is 3.23. The Morgan fingerprint density at radius 2 is 2.00 bits per heavy atom. The van der Waals surface area contributed by atoms with Gasteiger partial charge in [-0.1, -0.05) is 48.0 Å². The summed E-state index contributed by atoms with van der Waals surface area (Å²) in [7, 11) is 0. The molecule has 0 radical (unpaired) electrons. The molecule has 5 heteroatoms. The molecule has 1 aliphatic rings. The highest BCUT2D eigenvalue weighted by atomic mass is 35.5. The van der Waals surface area contributed by atoms with E-state index in [1.807, 2.05) is 49.4 Å². The lowest BCUT2D eigenvalue weighted by molar-refractivity contribution is -0.0667. The number of halogens is 1. The molecule has 1 aliphatic heterocycles. The number of amides is 1. The van der Waals surface area contributed by atoms with E-state index in [2.05, 4.69) is 0 Å². The molecular weight excluding hydrogens is 326 g/mol. The van der Waals surface area contributed by atoms with Gasteiger partial charge in [-0.25, -0.2) is 0 Å². The fourth-order valence-electron chi connectivity index (χ4n) is 2.86. The van der Waals surface area contributed by atoms with Gasteiger partial charge in [-0.3, -0.25) is 4.79 Å². The number of ether oxygens (including phenoxy) is 1. The molecular formula is C19H20ClNO3. The van der Waals surface area contributed by atoms with E-state index in [1.165, 1.54) is 0 Å². The summed E-state index contributed by atoms with van der Waals surface area (Å²) in [5, 5.41) is 9.74. The number of aliphatic hydroxyl groups is 1. The second kappa shape index (κ2) is 7.34. The first-order valence-corrected chi connectivity index (χ1v) is 8.36. The van der Waals surface area contributed by atoms with Crippen LogP contribution in [0.25, 0.3) is 11.1 Å². The molecule has 0 saturated carbocycles. The number of hydrogen-bond donors (Lipinski definition) is 1. The van der Waals surface area contributed by atoms with Gasteiger partial charge in [-0.2, -0.15) is 0 Å². The lowest BCUT2D eigenvalue weighted by Crippen LogP contribution is -2.52. The normalized spacial score (nSPS) is 20.9. The third-order valence-electron chi connectivity index (χ3n) is 4.27. The maximum Gasteiger partial charge on any atom is 0.255 e. The second-order valence-electron chi connectivity index (χ2n) is 6.01. The average molecular weight is 346 g/mol. The van der Waals surface area contributed by atoms with Crippen LogP contribution in [0.1, 0.15) is 17.3 Å². The summed E-state index contributed by atoms with van der Waals surface area (Å²) in [5.41, 5.74) is 2.46. The van der Waals surface area contributed by atoms with E-state index in [4.69, 9.17) is 16.3 Å². The number of nitrogens with zero attached hydrogens (tertiary/aromatic N) is 1. The third-order valence-corrected chi connectivity index (χ3v) is 4.60. The molecule has 0 bridgehead atoms. The van der Waals surface area contributed by atoms with Gasteiger partial charge in [0, 0.05) is 6.54 Å². The van der Waals surface area contributed by atoms with Crippen molar-refractivity contribution in [2.45, 2.75) is 19.1 Å². The van der Waals surface area contributed by atoms with Crippen molar-refractivity contribution < 1.29 is 14.6 Å². The highest BCUT2D eigenvalue weighted by molar-refractivity contribution is 6.34. The van der Waals surface area contributed by atoms with Crippen LogP contribution in [0.3, 0.4) is 0 Å². The molecule has 2 atom stereocenters. The molecule has 4 nitrogen and oxygen atoms in total. The Balaban J connectivity index is 1.92. The van der Waals surface area contributed by atoms with Crippen LogP contribution in [-0.2, 0) is 4.74 Å². The Kier molecular flexibility index (Phi) is 5.19. The van der Waals surface area contributed by atoms with Gasteiger partial charge in [-0.05, 0) is 30.2 Å². The SMILES string of the molecule is CC1COC(CO)CN1C(=O)c1cc(-c2ccccc2)ccc1Cl. The summed E-state index contributed by atoms with van der Waals surface area (Å²) < 4.78 is 5.50. The van der Waals surface area contributed by atoms with Crippen molar-refractivity contribution in [1.82, 2.24) is 4.90 Å². The minimum Gasteiger partial charge on any atom is -0.394 e. The standard InChI is InChI=1S/C19H20ClNO3/c1-13-12-24-16(11-22)10-21(13)19(23)17-9-15(7-8-18(17)20)14-5-3-2-4-6-14/h2-9,13,16,22H,10-12H2,1H3. The van der Waals surface area contributed by atoms with Crippen molar-refractivity contribution in [2.75, 3.05) is 19.8 Å². The lowest BCUT2D eigenvalue weighted by Gasteiger charge is -2.37. The molecule has 2 aromatic rings. The fourth-order valence-corrected chi connectivity index (χ4v) is 3.06. The third kappa shape index (κ3) is 3.46. The number of hydrogen-bond acceptors (Lipinski definition) is 3. The Bertz CT molecular complexity index is 720. The van der Waals surface area contributed by atoms with Crippen LogP contribution in [0, 0.1) is 0 Å². The van der Waals surface area contributed by atoms with Crippen LogP contribution >= 0.6 is 11.6 Å². The zero-order valence-electron chi connectivity index (χ0n) is 13.5. The van der Waals surface area contributed by atoms with Crippen molar-refractivity contribution in [1.29, 1.82) is 0 Å². The maximum atomic E-state index is 13.0. The highest BCUT2D eigenvalue weighted by Gasteiger charge is 2.30. The van der Waals surface area contributed by atoms with Crippen LogP contribution in [0.4, 0.5) is 0 Å². The quantitative estimate of drug-likeness (QED) is 0.929. The summed E-state index contributed by atoms with van der Waals surface area (Å²) in [6, 6.07) is 15.3. The van der Waals surface area contributed by atoms with Gasteiger partial charge in [0.2, 0.25) is 0 Å². The molecule has 1 fully saturated rings. The van der Waals surface area contributed by atoms with Crippen molar-refractivity contribution >= 4 is 17.5 Å². The lowest BCUT2D eigenvalue weighted by atomic mass is 10.0. The van der Waals surface area contributed by atoms with Gasteiger partial charge in [0.1, 0.15) is 0 Å². The zero-order valence-corrected chi connectivity index (χ0v) is 14.2. The van der Waals surface area contributed by atoms with Crippen LogP contribution in [0.15, 0.2) is 48.5 Å². The van der Waals surface area contributed by atoms with Crippen molar-refractivity contribution in [3.63, 3.8) is 0 Å². The molecule has 2 aromatic carbocycles. The van der Waals surface area contributed by atoms with E-state index in [0.717, 1.165) is 11.1 Å². The minimum atomic E-state index is -0.346. The number of benzene rings is 2. The van der Waals surface area contributed by atoms with Gasteiger partial charge in [0.15, 0.2) is 0 Å². The molecule has 1 amide bonds. The Morgan fingerprint density at radius 3 is 2.71 bits per heavy atom. The molecule has 3 rings (SSSR count). The number of aliphatic hydroxyl groups excluding tert-OH is 1.